The summed E-state index contributed by atoms with van der Waals surface area (Å²) in [7, 11) is 0. The van der Waals surface area contributed by atoms with E-state index >= 15 is 0 Å². The first-order chi connectivity index (χ1) is 7.24. The summed E-state index contributed by atoms with van der Waals surface area (Å²) < 4.78 is 10.00. The Hall–Kier alpha value is -1.76. The number of rotatable bonds is 4. The zero-order valence-electron chi connectivity index (χ0n) is 8.52. The van der Waals surface area contributed by atoms with Gasteiger partial charge in [-0.05, 0) is 0 Å². The van der Waals surface area contributed by atoms with Gasteiger partial charge in [0, 0.05) is 13.8 Å². The molecule has 0 radical (unpaired) electrons. The molecule has 0 aromatic carbocycles. The first kappa shape index (κ1) is 9.78. The molecule has 7 nitrogen and oxygen atoms in total. The van der Waals surface area contributed by atoms with E-state index in [0.717, 1.165) is 0 Å². The first-order valence-electron chi connectivity index (χ1n) is 4.53. The van der Waals surface area contributed by atoms with Crippen LogP contribution in [0.15, 0.2) is 8.94 Å². The molecule has 0 spiro atoms. The molecule has 1 N–H and O–H groups in total. The Bertz CT molecular complexity index is 395. The lowest BCUT2D eigenvalue weighted by Gasteiger charge is -1.95. The quantitative estimate of drug-likeness (QED) is 0.777. The van der Waals surface area contributed by atoms with Gasteiger partial charge in [0.2, 0.25) is 17.7 Å². The van der Waals surface area contributed by atoms with Gasteiger partial charge in [-0.25, -0.2) is 0 Å². The van der Waals surface area contributed by atoms with E-state index in [-0.39, 0.29) is 0 Å². The molecule has 80 valence electrons. The highest BCUT2D eigenvalue weighted by atomic mass is 16.5. The highest BCUT2D eigenvalue weighted by molar-refractivity contribution is 4.84. The third-order valence-electron chi connectivity index (χ3n) is 1.70. The highest BCUT2D eigenvalue weighted by Crippen LogP contribution is 1.98. The van der Waals surface area contributed by atoms with Crippen LogP contribution in [-0.2, 0) is 13.1 Å². The molecule has 0 aliphatic rings. The summed E-state index contributed by atoms with van der Waals surface area (Å²) in [6, 6.07) is 0. The van der Waals surface area contributed by atoms with E-state index in [0.29, 0.717) is 36.6 Å². The molecule has 0 saturated heterocycles. The summed E-state index contributed by atoms with van der Waals surface area (Å²) in [5.74, 6) is 2.28. The van der Waals surface area contributed by atoms with Crippen LogP contribution >= 0.6 is 0 Å². The number of nitrogens with one attached hydrogen (secondary N) is 1. The minimum Gasteiger partial charge on any atom is -0.424 e. The molecule has 0 bridgehead atoms. The van der Waals surface area contributed by atoms with Crippen LogP contribution in [0.1, 0.15) is 23.5 Å². The van der Waals surface area contributed by atoms with Gasteiger partial charge in [-0.15, -0.1) is 10.2 Å². The lowest BCUT2D eigenvalue weighted by molar-refractivity contribution is 0.383. The zero-order valence-corrected chi connectivity index (χ0v) is 8.52. The fourth-order valence-electron chi connectivity index (χ4n) is 1.10. The molecule has 2 heterocycles. The largest absolute Gasteiger partial charge is 0.424 e. The van der Waals surface area contributed by atoms with Crippen LogP contribution in [0.2, 0.25) is 0 Å². The lowest BCUT2D eigenvalue weighted by Crippen LogP contribution is -2.13. The summed E-state index contributed by atoms with van der Waals surface area (Å²) >= 11 is 0. The van der Waals surface area contributed by atoms with E-state index in [2.05, 4.69) is 25.7 Å². The predicted molar refractivity (Wildman–Crippen MR) is 48.6 cm³/mol. The fraction of sp³-hybridized carbons (Fsp3) is 0.500. The number of hydrogen-bond acceptors (Lipinski definition) is 7. The lowest BCUT2D eigenvalue weighted by atomic mass is 10.5. The molecule has 15 heavy (non-hydrogen) atoms. The average Bonchev–Trinajstić information content (AvgIpc) is 2.76. The van der Waals surface area contributed by atoms with E-state index in [9.17, 15) is 0 Å². The molecule has 2 aromatic heterocycles. The minimum atomic E-state index is 0.494. The highest BCUT2D eigenvalue weighted by Gasteiger charge is 2.04. The van der Waals surface area contributed by atoms with Crippen molar-refractivity contribution in [2.45, 2.75) is 26.9 Å². The van der Waals surface area contributed by atoms with Gasteiger partial charge in [0.05, 0.1) is 13.1 Å². The van der Waals surface area contributed by atoms with Crippen molar-refractivity contribution >= 4 is 0 Å². The maximum absolute atomic E-state index is 5.18. The molecule has 0 amide bonds. The summed E-state index contributed by atoms with van der Waals surface area (Å²) in [5.41, 5.74) is 0. The van der Waals surface area contributed by atoms with Gasteiger partial charge >= 0.3 is 0 Å². The number of aryl methyl sites for hydroxylation is 2. The van der Waals surface area contributed by atoms with Crippen LogP contribution in [0, 0.1) is 13.8 Å². The summed E-state index contributed by atoms with van der Waals surface area (Å²) in [4.78, 5) is 4.04. The van der Waals surface area contributed by atoms with E-state index in [1.165, 1.54) is 0 Å². The van der Waals surface area contributed by atoms with Crippen molar-refractivity contribution in [2.24, 2.45) is 0 Å². The van der Waals surface area contributed by atoms with Gasteiger partial charge in [0.15, 0.2) is 5.82 Å². The number of hydrogen-bond donors (Lipinski definition) is 1. The van der Waals surface area contributed by atoms with E-state index in [1.807, 2.05) is 0 Å². The van der Waals surface area contributed by atoms with Gasteiger partial charge in [0.1, 0.15) is 0 Å². The molecule has 0 aliphatic carbocycles. The SMILES string of the molecule is Cc1nc(CNCc2nnc(C)o2)no1. The van der Waals surface area contributed by atoms with Crippen molar-refractivity contribution in [2.75, 3.05) is 0 Å². The van der Waals surface area contributed by atoms with Crippen molar-refractivity contribution in [1.29, 1.82) is 0 Å². The molecule has 0 aliphatic heterocycles. The smallest absolute Gasteiger partial charge is 0.230 e. The van der Waals surface area contributed by atoms with Gasteiger partial charge in [-0.1, -0.05) is 5.16 Å². The van der Waals surface area contributed by atoms with Crippen LogP contribution in [0.5, 0.6) is 0 Å². The number of nitrogens with zero attached hydrogens (tertiary/aromatic N) is 4. The Kier molecular flexibility index (Phi) is 2.72. The standard InChI is InChI=1S/C8H11N5O2/c1-5-10-7(13-15-5)3-9-4-8-12-11-6(2)14-8/h9H,3-4H2,1-2H3. The Morgan fingerprint density at radius 3 is 2.60 bits per heavy atom. The second-order valence-corrected chi connectivity index (χ2v) is 3.05. The third kappa shape index (κ3) is 2.59. The Balaban J connectivity index is 1.80. The van der Waals surface area contributed by atoms with Gasteiger partial charge in [-0.3, -0.25) is 0 Å². The molecule has 0 atom stereocenters. The van der Waals surface area contributed by atoms with Crippen LogP contribution in [-0.4, -0.2) is 20.3 Å². The molecule has 2 aromatic rings. The first-order valence-corrected chi connectivity index (χ1v) is 4.53. The average molecular weight is 209 g/mol. The Labute approximate surface area is 85.9 Å². The van der Waals surface area contributed by atoms with Crippen LogP contribution in [0.25, 0.3) is 0 Å². The van der Waals surface area contributed by atoms with Crippen molar-refractivity contribution in [1.82, 2.24) is 25.7 Å². The van der Waals surface area contributed by atoms with Crippen LogP contribution in [0.3, 0.4) is 0 Å². The van der Waals surface area contributed by atoms with Gasteiger partial charge in [0.25, 0.3) is 0 Å². The second kappa shape index (κ2) is 4.18. The van der Waals surface area contributed by atoms with E-state index in [4.69, 9.17) is 8.94 Å². The molecule has 7 heteroatoms. The minimum absolute atomic E-state index is 0.494. The Morgan fingerprint density at radius 1 is 1.13 bits per heavy atom. The molecule has 0 fully saturated rings. The molecular formula is C8H11N5O2. The topological polar surface area (TPSA) is 89.9 Å². The molecule has 0 unspecified atom stereocenters. The Morgan fingerprint density at radius 2 is 2.00 bits per heavy atom. The maximum atomic E-state index is 5.18. The monoisotopic (exact) mass is 209 g/mol. The third-order valence-corrected chi connectivity index (χ3v) is 1.70. The summed E-state index contributed by atoms with van der Waals surface area (Å²) in [5, 5.41) is 14.3. The fourth-order valence-corrected chi connectivity index (χ4v) is 1.10. The van der Waals surface area contributed by atoms with E-state index < -0.39 is 0 Å². The van der Waals surface area contributed by atoms with Crippen molar-refractivity contribution < 1.29 is 8.94 Å². The summed E-state index contributed by atoms with van der Waals surface area (Å²) in [6.45, 7) is 4.50. The number of aromatic nitrogens is 4. The maximum Gasteiger partial charge on any atom is 0.230 e. The second-order valence-electron chi connectivity index (χ2n) is 3.05. The van der Waals surface area contributed by atoms with Crippen molar-refractivity contribution in [3.8, 4) is 0 Å². The summed E-state index contributed by atoms with van der Waals surface area (Å²) in [6.07, 6.45) is 0. The van der Waals surface area contributed by atoms with Crippen LogP contribution in [0.4, 0.5) is 0 Å². The molecular weight excluding hydrogens is 198 g/mol. The van der Waals surface area contributed by atoms with Crippen molar-refractivity contribution in [3.63, 3.8) is 0 Å². The van der Waals surface area contributed by atoms with Crippen molar-refractivity contribution in [3.05, 3.63) is 23.5 Å². The van der Waals surface area contributed by atoms with E-state index in [1.54, 1.807) is 13.8 Å². The predicted octanol–water partition coefficient (Wildman–Crippen LogP) is 0.359. The van der Waals surface area contributed by atoms with Crippen LogP contribution < -0.4 is 5.32 Å². The molecule has 0 saturated carbocycles. The normalized spacial score (nSPS) is 10.8. The van der Waals surface area contributed by atoms with Gasteiger partial charge < -0.3 is 14.3 Å². The zero-order chi connectivity index (χ0) is 10.7. The van der Waals surface area contributed by atoms with Gasteiger partial charge in [-0.2, -0.15) is 4.98 Å². The molecule has 2 rings (SSSR count).